The van der Waals surface area contributed by atoms with Gasteiger partial charge in [-0.25, -0.2) is 0 Å². The van der Waals surface area contributed by atoms with Gasteiger partial charge in [-0.3, -0.25) is 4.79 Å². The number of rotatable bonds is 5. The number of methoxy groups -OCH3 is 2. The molecule has 0 amide bonds. The first kappa shape index (κ1) is 12.7. The van der Waals surface area contributed by atoms with Gasteiger partial charge in [0.2, 0.25) is 0 Å². The fraction of sp³-hybridized carbons (Fsp3) is 0.500. The molecular weight excluding hydrogens is 232 g/mol. The van der Waals surface area contributed by atoms with Gasteiger partial charge >= 0.3 is 5.97 Å². The highest BCUT2D eigenvalue weighted by atomic mass is 16.5. The number of aliphatic carboxylic acids is 1. The molecule has 2 rings (SSSR count). The predicted molar refractivity (Wildman–Crippen MR) is 67.4 cm³/mol. The lowest BCUT2D eigenvalue weighted by atomic mass is 9.90. The van der Waals surface area contributed by atoms with E-state index in [9.17, 15) is 9.90 Å². The molecule has 1 aliphatic rings. The number of hydrogen-bond donors (Lipinski definition) is 1. The summed E-state index contributed by atoms with van der Waals surface area (Å²) in [5.41, 5.74) is 1.77. The van der Waals surface area contributed by atoms with E-state index in [4.69, 9.17) is 9.47 Å². The molecule has 1 aliphatic carbocycles. The van der Waals surface area contributed by atoms with Crippen LogP contribution < -0.4 is 9.47 Å². The van der Waals surface area contributed by atoms with Gasteiger partial charge in [-0.15, -0.1) is 0 Å². The van der Waals surface area contributed by atoms with Crippen LogP contribution in [0.3, 0.4) is 0 Å². The summed E-state index contributed by atoms with van der Waals surface area (Å²) in [6, 6.07) is 3.64. The predicted octanol–water partition coefficient (Wildman–Crippen LogP) is 2.59. The summed E-state index contributed by atoms with van der Waals surface area (Å²) >= 11 is 0. The molecule has 0 aliphatic heterocycles. The number of aryl methyl sites for hydroxylation is 1. The quantitative estimate of drug-likeness (QED) is 0.872. The molecule has 4 heteroatoms. The van der Waals surface area contributed by atoms with Crippen LogP contribution in [-0.4, -0.2) is 25.3 Å². The number of carboxylic acids is 1. The van der Waals surface area contributed by atoms with Crippen molar-refractivity contribution in [1.82, 2.24) is 0 Å². The minimum Gasteiger partial charge on any atom is -0.493 e. The van der Waals surface area contributed by atoms with Crippen LogP contribution in [0.25, 0.3) is 0 Å². The third kappa shape index (κ3) is 2.28. The Bertz CT molecular complexity index is 463. The number of ether oxygens (including phenoxy) is 2. The minimum atomic E-state index is -0.757. The average Bonchev–Trinajstić information content (AvgIpc) is 3.15. The van der Waals surface area contributed by atoms with E-state index in [2.05, 4.69) is 0 Å². The Labute approximate surface area is 107 Å². The van der Waals surface area contributed by atoms with E-state index >= 15 is 0 Å². The summed E-state index contributed by atoms with van der Waals surface area (Å²) < 4.78 is 10.5. The Balaban J connectivity index is 2.45. The highest BCUT2D eigenvalue weighted by Gasteiger charge is 2.38. The molecule has 98 valence electrons. The second-order valence-electron chi connectivity index (χ2n) is 4.72. The maximum atomic E-state index is 11.4. The number of hydrogen-bond acceptors (Lipinski definition) is 3. The van der Waals surface area contributed by atoms with Crippen LogP contribution >= 0.6 is 0 Å². The molecule has 1 saturated carbocycles. The largest absolute Gasteiger partial charge is 0.493 e. The van der Waals surface area contributed by atoms with Crippen LogP contribution in [0, 0.1) is 12.8 Å². The van der Waals surface area contributed by atoms with Crippen molar-refractivity contribution >= 4 is 5.97 Å². The van der Waals surface area contributed by atoms with Crippen molar-refractivity contribution in [2.75, 3.05) is 14.2 Å². The fourth-order valence-electron chi connectivity index (χ4n) is 2.35. The molecule has 1 atom stereocenters. The summed E-state index contributed by atoms with van der Waals surface area (Å²) in [5, 5.41) is 9.38. The molecule has 0 saturated heterocycles. The first-order chi connectivity index (χ1) is 8.58. The molecule has 1 fully saturated rings. The van der Waals surface area contributed by atoms with Crippen LogP contribution in [-0.2, 0) is 4.79 Å². The van der Waals surface area contributed by atoms with E-state index in [1.807, 2.05) is 13.0 Å². The van der Waals surface area contributed by atoms with Gasteiger partial charge in [0.1, 0.15) is 0 Å². The Morgan fingerprint density at radius 3 is 2.28 bits per heavy atom. The lowest BCUT2D eigenvalue weighted by Crippen LogP contribution is -2.15. The maximum Gasteiger partial charge on any atom is 0.311 e. The maximum absolute atomic E-state index is 11.4. The molecule has 4 nitrogen and oxygen atoms in total. The topological polar surface area (TPSA) is 55.8 Å². The molecule has 1 aromatic rings. The van der Waals surface area contributed by atoms with Crippen LogP contribution in [0.2, 0.25) is 0 Å². The zero-order valence-corrected chi connectivity index (χ0v) is 10.9. The van der Waals surface area contributed by atoms with Gasteiger partial charge in [0.05, 0.1) is 20.1 Å². The first-order valence-electron chi connectivity index (χ1n) is 6.03. The number of benzene rings is 1. The molecule has 0 heterocycles. The number of carboxylic acid groups (broad SMARTS) is 1. The Kier molecular flexibility index (Phi) is 3.45. The van der Waals surface area contributed by atoms with Crippen molar-refractivity contribution in [2.24, 2.45) is 5.92 Å². The van der Waals surface area contributed by atoms with Gasteiger partial charge in [0, 0.05) is 0 Å². The van der Waals surface area contributed by atoms with E-state index in [1.165, 1.54) is 0 Å². The van der Waals surface area contributed by atoms with E-state index < -0.39 is 11.9 Å². The zero-order valence-electron chi connectivity index (χ0n) is 10.9. The van der Waals surface area contributed by atoms with Crippen molar-refractivity contribution in [3.63, 3.8) is 0 Å². The minimum absolute atomic E-state index is 0.263. The van der Waals surface area contributed by atoms with Crippen LogP contribution in [0.15, 0.2) is 12.1 Å². The first-order valence-corrected chi connectivity index (χ1v) is 6.03. The van der Waals surface area contributed by atoms with Gasteiger partial charge in [-0.1, -0.05) is 0 Å². The smallest absolute Gasteiger partial charge is 0.311 e. The van der Waals surface area contributed by atoms with Crippen molar-refractivity contribution in [2.45, 2.75) is 25.7 Å². The molecule has 18 heavy (non-hydrogen) atoms. The van der Waals surface area contributed by atoms with Crippen molar-refractivity contribution < 1.29 is 19.4 Å². The Morgan fingerprint density at radius 1 is 1.28 bits per heavy atom. The monoisotopic (exact) mass is 250 g/mol. The summed E-state index contributed by atoms with van der Waals surface area (Å²) in [4.78, 5) is 11.4. The summed E-state index contributed by atoms with van der Waals surface area (Å²) in [6.45, 7) is 1.91. The van der Waals surface area contributed by atoms with Crippen molar-refractivity contribution in [3.05, 3.63) is 23.3 Å². The van der Waals surface area contributed by atoms with Gasteiger partial charge in [-0.05, 0) is 48.9 Å². The lowest BCUT2D eigenvalue weighted by Gasteiger charge is -2.17. The van der Waals surface area contributed by atoms with Crippen molar-refractivity contribution in [3.8, 4) is 11.5 Å². The standard InChI is InChI=1S/C14H18O4/c1-8-6-11(17-2)12(18-3)7-10(8)13(14(15)16)9-4-5-9/h6-7,9,13H,4-5H2,1-3H3,(H,15,16). The number of carbonyl (C=O) groups is 1. The fourth-order valence-corrected chi connectivity index (χ4v) is 2.35. The van der Waals surface area contributed by atoms with Crippen LogP contribution in [0.1, 0.15) is 29.9 Å². The van der Waals surface area contributed by atoms with Crippen LogP contribution in [0.5, 0.6) is 11.5 Å². The van der Waals surface area contributed by atoms with Crippen molar-refractivity contribution in [1.29, 1.82) is 0 Å². The molecule has 0 radical (unpaired) electrons. The molecule has 0 aromatic heterocycles. The molecule has 0 spiro atoms. The van der Waals surface area contributed by atoms with E-state index in [-0.39, 0.29) is 5.92 Å². The van der Waals surface area contributed by atoms with E-state index in [0.717, 1.165) is 24.0 Å². The van der Waals surface area contributed by atoms with Gasteiger partial charge in [-0.2, -0.15) is 0 Å². The summed E-state index contributed by atoms with van der Waals surface area (Å²) in [7, 11) is 3.14. The SMILES string of the molecule is COc1cc(C)c(C(C(=O)O)C2CC2)cc1OC. The molecule has 1 aromatic carbocycles. The zero-order chi connectivity index (χ0) is 13.3. The van der Waals surface area contributed by atoms with Gasteiger partial charge in [0.15, 0.2) is 11.5 Å². The van der Waals surface area contributed by atoms with E-state index in [0.29, 0.717) is 11.5 Å². The highest BCUT2D eigenvalue weighted by Crippen LogP contribution is 2.45. The van der Waals surface area contributed by atoms with E-state index in [1.54, 1.807) is 20.3 Å². The molecule has 1 unspecified atom stereocenters. The average molecular weight is 250 g/mol. The normalized spacial score (nSPS) is 16.2. The molecule has 1 N–H and O–H groups in total. The third-order valence-corrected chi connectivity index (χ3v) is 3.47. The second kappa shape index (κ2) is 4.88. The molecule has 0 bridgehead atoms. The van der Waals surface area contributed by atoms with Gasteiger partial charge in [0.25, 0.3) is 0 Å². The van der Waals surface area contributed by atoms with Gasteiger partial charge < -0.3 is 14.6 Å². The Hall–Kier alpha value is -1.71. The highest BCUT2D eigenvalue weighted by molar-refractivity contribution is 5.78. The Morgan fingerprint density at radius 2 is 1.83 bits per heavy atom. The third-order valence-electron chi connectivity index (χ3n) is 3.47. The summed E-state index contributed by atoms with van der Waals surface area (Å²) in [6.07, 6.45) is 1.98. The molecular formula is C14H18O4. The lowest BCUT2D eigenvalue weighted by molar-refractivity contribution is -0.139. The summed E-state index contributed by atoms with van der Waals surface area (Å²) in [5.74, 6) is 0.306. The second-order valence-corrected chi connectivity index (χ2v) is 4.72. The van der Waals surface area contributed by atoms with Crippen LogP contribution in [0.4, 0.5) is 0 Å².